The third kappa shape index (κ3) is 2.64. The molecule has 10 heavy (non-hydrogen) atoms. The highest BCUT2D eigenvalue weighted by molar-refractivity contribution is 4.68. The van der Waals surface area contributed by atoms with Crippen LogP contribution < -0.4 is 5.32 Å². The van der Waals surface area contributed by atoms with Crippen LogP contribution in [0, 0.1) is 0 Å². The first-order chi connectivity index (χ1) is 4.79. The lowest BCUT2D eigenvalue weighted by Crippen LogP contribution is -2.37. The van der Waals surface area contributed by atoms with E-state index in [0.29, 0.717) is 0 Å². The molecular weight excluding hydrogens is 130 g/mol. The number of nitrogens with one attached hydrogen (secondary N) is 1. The van der Waals surface area contributed by atoms with E-state index in [9.17, 15) is 0 Å². The molecule has 2 unspecified atom stereocenters. The highest BCUT2D eigenvalue weighted by atomic mass is 16.6. The molecule has 1 heterocycles. The van der Waals surface area contributed by atoms with E-state index in [1.54, 1.807) is 6.92 Å². The van der Waals surface area contributed by atoms with Crippen LogP contribution in [0.1, 0.15) is 19.8 Å². The zero-order valence-corrected chi connectivity index (χ0v) is 6.34. The molecule has 2 atom stereocenters. The Labute approximate surface area is 61.4 Å². The van der Waals surface area contributed by atoms with Gasteiger partial charge in [-0.15, -0.1) is 0 Å². The Bertz CT molecular complexity index is 89.6. The number of piperidine rings is 1. The lowest BCUT2D eigenvalue weighted by Gasteiger charge is -2.24. The molecule has 1 aliphatic rings. The molecule has 2 N–H and O–H groups in total. The van der Waals surface area contributed by atoms with Gasteiger partial charge in [-0.25, -0.2) is 0 Å². The Hall–Kier alpha value is -0.120. The predicted octanol–water partition coefficient (Wildman–Crippen LogP) is 0.0933. The van der Waals surface area contributed by atoms with Gasteiger partial charge in [-0.2, -0.15) is 0 Å². The van der Waals surface area contributed by atoms with Crippen LogP contribution in [0.4, 0.5) is 0 Å². The van der Waals surface area contributed by atoms with Gasteiger partial charge in [0.2, 0.25) is 0 Å². The van der Waals surface area contributed by atoms with Crippen LogP contribution >= 0.6 is 0 Å². The topological polar surface area (TPSA) is 41.5 Å². The third-order valence-corrected chi connectivity index (χ3v) is 1.64. The van der Waals surface area contributed by atoms with Crippen LogP contribution in [0.3, 0.4) is 0 Å². The summed E-state index contributed by atoms with van der Waals surface area (Å²) in [6.45, 7) is 3.61. The molecule has 3 nitrogen and oxygen atoms in total. The predicted molar refractivity (Wildman–Crippen MR) is 38.7 cm³/mol. The summed E-state index contributed by atoms with van der Waals surface area (Å²) in [4.78, 5) is 0. The fourth-order valence-electron chi connectivity index (χ4n) is 1.21. The summed E-state index contributed by atoms with van der Waals surface area (Å²) < 4.78 is 5.18. The van der Waals surface area contributed by atoms with Crippen molar-refractivity contribution in [1.29, 1.82) is 0 Å². The second-order valence-corrected chi connectivity index (χ2v) is 2.70. The van der Waals surface area contributed by atoms with Gasteiger partial charge in [0.05, 0.1) is 6.10 Å². The van der Waals surface area contributed by atoms with Crippen LogP contribution in [-0.4, -0.2) is 30.6 Å². The molecule has 0 aromatic carbocycles. The number of aliphatic hydroxyl groups is 1. The van der Waals surface area contributed by atoms with Crippen molar-refractivity contribution in [3.63, 3.8) is 0 Å². The van der Waals surface area contributed by atoms with Gasteiger partial charge in [-0.05, 0) is 26.3 Å². The summed E-state index contributed by atoms with van der Waals surface area (Å²) in [6, 6.07) is 0. The molecule has 1 saturated heterocycles. The number of ether oxygens (including phenoxy) is 1. The van der Waals surface area contributed by atoms with Crippen LogP contribution in [0.15, 0.2) is 0 Å². The highest BCUT2D eigenvalue weighted by Gasteiger charge is 2.14. The van der Waals surface area contributed by atoms with E-state index in [1.165, 1.54) is 0 Å². The van der Waals surface area contributed by atoms with Crippen molar-refractivity contribution in [2.75, 3.05) is 13.1 Å². The van der Waals surface area contributed by atoms with Gasteiger partial charge in [0.25, 0.3) is 0 Å². The second kappa shape index (κ2) is 3.91. The Balaban J connectivity index is 2.13. The van der Waals surface area contributed by atoms with E-state index >= 15 is 0 Å². The molecule has 3 heteroatoms. The van der Waals surface area contributed by atoms with Gasteiger partial charge in [0.1, 0.15) is 0 Å². The molecule has 0 aliphatic carbocycles. The van der Waals surface area contributed by atoms with E-state index in [4.69, 9.17) is 9.84 Å². The van der Waals surface area contributed by atoms with Gasteiger partial charge in [0.15, 0.2) is 6.29 Å². The summed E-state index contributed by atoms with van der Waals surface area (Å²) in [5.74, 6) is 0. The Morgan fingerprint density at radius 2 is 2.50 bits per heavy atom. The molecule has 1 fully saturated rings. The van der Waals surface area contributed by atoms with E-state index < -0.39 is 6.29 Å². The van der Waals surface area contributed by atoms with E-state index in [2.05, 4.69) is 5.32 Å². The lowest BCUT2D eigenvalue weighted by atomic mass is 10.1. The SMILES string of the molecule is CC(O)OC1CCCNC1. The van der Waals surface area contributed by atoms with Gasteiger partial charge in [-0.3, -0.25) is 0 Å². The molecule has 0 spiro atoms. The van der Waals surface area contributed by atoms with Crippen molar-refractivity contribution in [2.45, 2.75) is 32.2 Å². The minimum Gasteiger partial charge on any atom is -0.368 e. The molecule has 1 rings (SSSR count). The number of hydrogen-bond acceptors (Lipinski definition) is 3. The first kappa shape index (κ1) is 7.98. The monoisotopic (exact) mass is 145 g/mol. The van der Waals surface area contributed by atoms with Crippen molar-refractivity contribution in [1.82, 2.24) is 5.32 Å². The first-order valence-electron chi connectivity index (χ1n) is 3.83. The molecule has 1 aliphatic heterocycles. The summed E-state index contributed by atoms with van der Waals surface area (Å²) in [7, 11) is 0. The molecule has 0 radical (unpaired) electrons. The second-order valence-electron chi connectivity index (χ2n) is 2.70. The zero-order chi connectivity index (χ0) is 7.40. The maximum absolute atomic E-state index is 8.85. The standard InChI is InChI=1S/C7H15NO2/c1-6(9)10-7-3-2-4-8-5-7/h6-9H,2-5H2,1H3. The third-order valence-electron chi connectivity index (χ3n) is 1.64. The van der Waals surface area contributed by atoms with Gasteiger partial charge in [0, 0.05) is 6.54 Å². The van der Waals surface area contributed by atoms with E-state index in [1.807, 2.05) is 0 Å². The molecule has 0 aromatic heterocycles. The first-order valence-corrected chi connectivity index (χ1v) is 3.83. The van der Waals surface area contributed by atoms with Gasteiger partial charge < -0.3 is 15.2 Å². The largest absolute Gasteiger partial charge is 0.368 e. The fraction of sp³-hybridized carbons (Fsp3) is 1.00. The summed E-state index contributed by atoms with van der Waals surface area (Å²) >= 11 is 0. The zero-order valence-electron chi connectivity index (χ0n) is 6.34. The number of aliphatic hydroxyl groups excluding tert-OH is 1. The Morgan fingerprint density at radius 3 is 3.00 bits per heavy atom. The maximum atomic E-state index is 8.85. The van der Waals surface area contributed by atoms with Crippen molar-refractivity contribution in [3.8, 4) is 0 Å². The molecule has 0 bridgehead atoms. The lowest BCUT2D eigenvalue weighted by molar-refractivity contribution is -0.127. The Morgan fingerprint density at radius 1 is 1.70 bits per heavy atom. The maximum Gasteiger partial charge on any atom is 0.152 e. The number of hydrogen-bond donors (Lipinski definition) is 2. The van der Waals surface area contributed by atoms with Gasteiger partial charge in [-0.1, -0.05) is 0 Å². The van der Waals surface area contributed by atoms with Gasteiger partial charge >= 0.3 is 0 Å². The molecule has 0 saturated carbocycles. The van der Waals surface area contributed by atoms with Crippen molar-refractivity contribution < 1.29 is 9.84 Å². The normalized spacial score (nSPS) is 30.0. The van der Waals surface area contributed by atoms with Crippen LogP contribution in [0.5, 0.6) is 0 Å². The smallest absolute Gasteiger partial charge is 0.152 e. The summed E-state index contributed by atoms with van der Waals surface area (Å²) in [5.41, 5.74) is 0. The highest BCUT2D eigenvalue weighted by Crippen LogP contribution is 2.06. The molecule has 60 valence electrons. The minimum absolute atomic E-state index is 0.216. The summed E-state index contributed by atoms with van der Waals surface area (Å²) in [6.07, 6.45) is 1.81. The molecule has 0 aromatic rings. The Kier molecular flexibility index (Phi) is 3.12. The van der Waals surface area contributed by atoms with Crippen molar-refractivity contribution >= 4 is 0 Å². The van der Waals surface area contributed by atoms with Crippen molar-refractivity contribution in [3.05, 3.63) is 0 Å². The summed E-state index contributed by atoms with van der Waals surface area (Å²) in [5, 5.41) is 12.1. The average Bonchev–Trinajstić information content (AvgIpc) is 1.88. The molecular formula is C7H15NO2. The quantitative estimate of drug-likeness (QED) is 0.541. The molecule has 0 amide bonds. The van der Waals surface area contributed by atoms with E-state index in [0.717, 1.165) is 25.9 Å². The fourth-order valence-corrected chi connectivity index (χ4v) is 1.21. The average molecular weight is 145 g/mol. The van der Waals surface area contributed by atoms with Crippen LogP contribution in [-0.2, 0) is 4.74 Å². The van der Waals surface area contributed by atoms with Crippen LogP contribution in [0.2, 0.25) is 0 Å². The van der Waals surface area contributed by atoms with Crippen LogP contribution in [0.25, 0.3) is 0 Å². The number of rotatable bonds is 2. The minimum atomic E-state index is -0.620. The van der Waals surface area contributed by atoms with E-state index in [-0.39, 0.29) is 6.10 Å². The van der Waals surface area contributed by atoms with Crippen molar-refractivity contribution in [2.24, 2.45) is 0 Å².